The molecule has 3 rings (SSSR count). The molecule has 7 nitrogen and oxygen atoms in total. The molecule has 9 heteroatoms. The molecule has 1 aliphatic carbocycles. The van der Waals surface area contributed by atoms with Gasteiger partial charge in [-0.15, -0.1) is 24.8 Å². The van der Waals surface area contributed by atoms with Gasteiger partial charge in [0.15, 0.2) is 5.82 Å². The van der Waals surface area contributed by atoms with Crippen LogP contribution in [-0.4, -0.2) is 38.6 Å². The summed E-state index contributed by atoms with van der Waals surface area (Å²) in [5, 5.41) is 6.82. The minimum Gasteiger partial charge on any atom is -0.370 e. The number of imidazole rings is 1. The van der Waals surface area contributed by atoms with Gasteiger partial charge in [0.25, 0.3) is 0 Å². The molecule has 0 bridgehead atoms. The number of aromatic nitrogens is 4. The lowest BCUT2D eigenvalue weighted by atomic mass is 9.92. The Kier molecular flexibility index (Phi) is 7.81. The first-order valence-corrected chi connectivity index (χ1v) is 7.73. The monoisotopic (exact) mass is 361 g/mol. The van der Waals surface area contributed by atoms with E-state index < -0.39 is 0 Å². The van der Waals surface area contributed by atoms with Crippen LogP contribution in [0.3, 0.4) is 0 Å². The van der Waals surface area contributed by atoms with E-state index in [0.29, 0.717) is 17.9 Å². The van der Waals surface area contributed by atoms with E-state index in [2.05, 4.69) is 37.5 Å². The van der Waals surface area contributed by atoms with Crippen molar-refractivity contribution in [2.45, 2.75) is 51.1 Å². The van der Waals surface area contributed by atoms with Gasteiger partial charge in [-0.2, -0.15) is 4.98 Å². The third-order valence-corrected chi connectivity index (χ3v) is 3.94. The third kappa shape index (κ3) is 4.83. The molecule has 0 radical (unpaired) electrons. The fraction of sp³-hybridized carbons (Fsp3) is 0.643. The Morgan fingerprint density at radius 2 is 1.96 bits per heavy atom. The van der Waals surface area contributed by atoms with Crippen LogP contribution in [0.2, 0.25) is 0 Å². The zero-order chi connectivity index (χ0) is 14.7. The number of hydrogen-bond donors (Lipinski definition) is 4. The second-order valence-corrected chi connectivity index (χ2v) is 5.69. The minimum atomic E-state index is 0. The average molecular weight is 362 g/mol. The minimum absolute atomic E-state index is 0. The quantitative estimate of drug-likeness (QED) is 0.652. The van der Waals surface area contributed by atoms with E-state index >= 15 is 0 Å². The Hall–Kier alpha value is -1.31. The summed E-state index contributed by atoms with van der Waals surface area (Å²) in [6.45, 7) is 3.02. The molecular formula is C14H25Cl2N7. The van der Waals surface area contributed by atoms with E-state index in [1.165, 1.54) is 0 Å². The Bertz CT molecular complexity index is 554. The normalized spacial score (nSPS) is 20.4. The number of halogens is 2. The van der Waals surface area contributed by atoms with Crippen molar-refractivity contribution in [3.63, 3.8) is 0 Å². The van der Waals surface area contributed by atoms with Gasteiger partial charge >= 0.3 is 0 Å². The molecule has 1 fully saturated rings. The SMILES string of the molecule is CCCNc1[nH]c(N[C@H]2CC[C@H](N)CC2)nc2ncnc1-2.Cl.Cl. The highest BCUT2D eigenvalue weighted by Crippen LogP contribution is 2.26. The van der Waals surface area contributed by atoms with Crippen molar-refractivity contribution in [3.8, 4) is 11.5 Å². The van der Waals surface area contributed by atoms with E-state index in [-0.39, 0.29) is 24.8 Å². The molecule has 0 unspecified atom stereocenters. The van der Waals surface area contributed by atoms with Crippen LogP contribution < -0.4 is 16.4 Å². The van der Waals surface area contributed by atoms with Crippen molar-refractivity contribution >= 4 is 36.6 Å². The van der Waals surface area contributed by atoms with Crippen molar-refractivity contribution < 1.29 is 0 Å². The van der Waals surface area contributed by atoms with Crippen LogP contribution >= 0.6 is 24.8 Å². The third-order valence-electron chi connectivity index (χ3n) is 3.94. The second kappa shape index (κ2) is 9.10. The fourth-order valence-electron chi connectivity index (χ4n) is 2.73. The second-order valence-electron chi connectivity index (χ2n) is 5.69. The first-order valence-electron chi connectivity index (χ1n) is 7.73. The molecule has 0 atom stereocenters. The number of hydrogen-bond acceptors (Lipinski definition) is 6. The zero-order valence-corrected chi connectivity index (χ0v) is 14.8. The number of anilines is 2. The number of nitrogens with two attached hydrogens (primary N) is 1. The van der Waals surface area contributed by atoms with E-state index in [0.717, 1.165) is 56.1 Å². The predicted octanol–water partition coefficient (Wildman–Crippen LogP) is 2.65. The van der Waals surface area contributed by atoms with E-state index in [4.69, 9.17) is 5.73 Å². The summed E-state index contributed by atoms with van der Waals surface area (Å²) >= 11 is 0. The maximum atomic E-state index is 5.95. The van der Waals surface area contributed by atoms with Crippen LogP contribution in [0.15, 0.2) is 6.33 Å². The van der Waals surface area contributed by atoms with Gasteiger partial charge in [-0.1, -0.05) is 6.92 Å². The maximum absolute atomic E-state index is 5.95. The van der Waals surface area contributed by atoms with Crippen molar-refractivity contribution in [1.82, 2.24) is 19.9 Å². The van der Waals surface area contributed by atoms with Gasteiger partial charge in [0.2, 0.25) is 5.95 Å². The molecule has 0 saturated heterocycles. The molecule has 23 heavy (non-hydrogen) atoms. The summed E-state index contributed by atoms with van der Waals surface area (Å²) < 4.78 is 0. The molecule has 2 aliphatic heterocycles. The average Bonchev–Trinajstić information content (AvgIpc) is 2.95. The molecule has 0 aromatic carbocycles. The molecule has 0 aromatic heterocycles. The highest BCUT2D eigenvalue weighted by molar-refractivity contribution is 5.85. The van der Waals surface area contributed by atoms with Gasteiger partial charge < -0.3 is 21.4 Å². The Morgan fingerprint density at radius 1 is 1.22 bits per heavy atom. The largest absolute Gasteiger partial charge is 0.370 e. The number of rotatable bonds is 5. The lowest BCUT2D eigenvalue weighted by Gasteiger charge is -2.27. The first-order chi connectivity index (χ1) is 10.3. The maximum Gasteiger partial charge on any atom is 0.204 e. The molecular weight excluding hydrogens is 337 g/mol. The molecule has 5 N–H and O–H groups in total. The molecule has 0 amide bonds. The summed E-state index contributed by atoms with van der Waals surface area (Å²) in [5.74, 6) is 2.30. The lowest BCUT2D eigenvalue weighted by Crippen LogP contribution is -2.33. The lowest BCUT2D eigenvalue weighted by molar-refractivity contribution is 0.410. The van der Waals surface area contributed by atoms with E-state index in [1.807, 2.05) is 0 Å². The first kappa shape index (κ1) is 19.7. The number of nitrogens with one attached hydrogen (secondary N) is 3. The summed E-state index contributed by atoms with van der Waals surface area (Å²) in [7, 11) is 0. The molecule has 0 spiro atoms. The Labute approximate surface area is 148 Å². The van der Waals surface area contributed by atoms with E-state index in [9.17, 15) is 0 Å². The number of H-pyrrole nitrogens is 1. The summed E-state index contributed by atoms with van der Waals surface area (Å²) in [6.07, 6.45) is 6.90. The van der Waals surface area contributed by atoms with Gasteiger partial charge in [0.1, 0.15) is 17.8 Å². The molecule has 3 aliphatic rings. The number of fused-ring (bicyclic) bond motifs is 1. The van der Waals surface area contributed by atoms with Crippen molar-refractivity contribution in [2.24, 2.45) is 5.73 Å². The van der Waals surface area contributed by atoms with Crippen LogP contribution in [-0.2, 0) is 0 Å². The molecule has 130 valence electrons. The molecule has 2 heterocycles. The molecule has 0 aromatic rings. The standard InChI is InChI=1S/C14H23N7.2ClH/c1-2-7-16-12-11-13(18-8-17-11)21-14(20-12)19-10-5-3-9(15)4-6-10;;/h8-10H,2-7,15H2,1H3,(H3,16,17,18,19,20,21);2*1H/t9-,10-;;. The Morgan fingerprint density at radius 3 is 2.65 bits per heavy atom. The topological polar surface area (TPSA) is 105 Å². The van der Waals surface area contributed by atoms with Crippen LogP contribution in [0.1, 0.15) is 39.0 Å². The Balaban J connectivity index is 0.00000132. The van der Waals surface area contributed by atoms with Gasteiger partial charge in [-0.25, -0.2) is 9.97 Å². The van der Waals surface area contributed by atoms with Gasteiger partial charge in [-0.05, 0) is 32.1 Å². The van der Waals surface area contributed by atoms with Crippen molar-refractivity contribution in [2.75, 3.05) is 17.2 Å². The van der Waals surface area contributed by atoms with Crippen LogP contribution in [0.25, 0.3) is 11.5 Å². The van der Waals surface area contributed by atoms with Gasteiger partial charge in [0, 0.05) is 18.6 Å². The fourth-order valence-corrected chi connectivity index (χ4v) is 2.73. The smallest absolute Gasteiger partial charge is 0.204 e. The van der Waals surface area contributed by atoms with Crippen molar-refractivity contribution in [3.05, 3.63) is 6.33 Å². The number of nitrogens with zero attached hydrogens (tertiary/aromatic N) is 3. The van der Waals surface area contributed by atoms with Crippen molar-refractivity contribution in [1.29, 1.82) is 0 Å². The van der Waals surface area contributed by atoms with Crippen LogP contribution in [0.4, 0.5) is 11.8 Å². The van der Waals surface area contributed by atoms with Gasteiger partial charge in [0.05, 0.1) is 0 Å². The molecule has 1 saturated carbocycles. The highest BCUT2D eigenvalue weighted by atomic mass is 35.5. The van der Waals surface area contributed by atoms with Crippen LogP contribution in [0.5, 0.6) is 0 Å². The summed E-state index contributed by atoms with van der Waals surface area (Å²) in [6, 6.07) is 0.776. The summed E-state index contributed by atoms with van der Waals surface area (Å²) in [5.41, 5.74) is 6.74. The summed E-state index contributed by atoms with van der Waals surface area (Å²) in [4.78, 5) is 16.3. The predicted molar refractivity (Wildman–Crippen MR) is 97.9 cm³/mol. The van der Waals surface area contributed by atoms with Crippen LogP contribution in [0, 0.1) is 0 Å². The zero-order valence-electron chi connectivity index (χ0n) is 13.2. The van der Waals surface area contributed by atoms with Gasteiger partial charge in [-0.3, -0.25) is 0 Å². The highest BCUT2D eigenvalue weighted by Gasteiger charge is 2.21. The number of aromatic amines is 1. The van der Waals surface area contributed by atoms with E-state index in [1.54, 1.807) is 6.33 Å².